The Morgan fingerprint density at radius 1 is 1.28 bits per heavy atom. The Morgan fingerprint density at radius 3 is 2.67 bits per heavy atom. The highest BCUT2D eigenvalue weighted by molar-refractivity contribution is 5.90. The van der Waals surface area contributed by atoms with Gasteiger partial charge < -0.3 is 15.2 Å². The zero-order chi connectivity index (χ0) is 13.4. The number of ether oxygens (including phenoxy) is 2. The normalized spacial score (nSPS) is 10.6. The van der Waals surface area contributed by atoms with Crippen LogP contribution in [0, 0.1) is 0 Å². The SMILES string of the molecule is CCCOc1ccc(/C=C/C(N)=O)cc1OCC. The second-order valence-electron chi connectivity index (χ2n) is 3.72. The van der Waals surface area contributed by atoms with Crippen LogP contribution in [-0.2, 0) is 4.79 Å². The Labute approximate surface area is 107 Å². The van der Waals surface area contributed by atoms with E-state index in [0.29, 0.717) is 19.0 Å². The van der Waals surface area contributed by atoms with Gasteiger partial charge in [0.1, 0.15) is 0 Å². The number of hydrogen-bond donors (Lipinski definition) is 1. The Hall–Kier alpha value is -1.97. The average Bonchev–Trinajstić information content (AvgIpc) is 2.35. The molecule has 0 fully saturated rings. The fourth-order valence-corrected chi connectivity index (χ4v) is 1.41. The molecule has 0 heterocycles. The number of carbonyl (C=O) groups excluding carboxylic acids is 1. The number of benzene rings is 1. The zero-order valence-corrected chi connectivity index (χ0v) is 10.8. The molecule has 18 heavy (non-hydrogen) atoms. The Bertz CT molecular complexity index is 427. The third-order valence-corrected chi connectivity index (χ3v) is 2.17. The van der Waals surface area contributed by atoms with E-state index in [1.54, 1.807) is 6.08 Å². The minimum atomic E-state index is -0.473. The van der Waals surface area contributed by atoms with E-state index in [-0.39, 0.29) is 0 Å². The summed E-state index contributed by atoms with van der Waals surface area (Å²) in [7, 11) is 0. The highest BCUT2D eigenvalue weighted by atomic mass is 16.5. The lowest BCUT2D eigenvalue weighted by atomic mass is 10.2. The Morgan fingerprint density at radius 2 is 2.06 bits per heavy atom. The van der Waals surface area contributed by atoms with Crippen LogP contribution < -0.4 is 15.2 Å². The summed E-state index contributed by atoms with van der Waals surface area (Å²) in [5.74, 6) is 0.923. The summed E-state index contributed by atoms with van der Waals surface area (Å²) in [6, 6.07) is 5.52. The zero-order valence-electron chi connectivity index (χ0n) is 10.8. The van der Waals surface area contributed by atoms with Crippen LogP contribution >= 0.6 is 0 Å². The molecule has 98 valence electrons. The van der Waals surface area contributed by atoms with Crippen LogP contribution in [0.4, 0.5) is 0 Å². The molecule has 0 saturated carbocycles. The first-order valence-electron chi connectivity index (χ1n) is 6.04. The third-order valence-electron chi connectivity index (χ3n) is 2.17. The smallest absolute Gasteiger partial charge is 0.241 e. The van der Waals surface area contributed by atoms with Crippen LogP contribution in [0.5, 0.6) is 11.5 Å². The lowest BCUT2D eigenvalue weighted by Gasteiger charge is -2.11. The number of hydrogen-bond acceptors (Lipinski definition) is 3. The topological polar surface area (TPSA) is 61.5 Å². The Kier molecular flexibility index (Phi) is 5.77. The summed E-state index contributed by atoms with van der Waals surface area (Å²) in [4.78, 5) is 10.7. The molecule has 4 nitrogen and oxygen atoms in total. The van der Waals surface area contributed by atoms with Crippen LogP contribution in [0.1, 0.15) is 25.8 Å². The molecule has 1 amide bonds. The van der Waals surface area contributed by atoms with Crippen molar-refractivity contribution in [1.29, 1.82) is 0 Å². The fraction of sp³-hybridized carbons (Fsp3) is 0.357. The molecule has 1 aromatic rings. The molecule has 0 spiro atoms. The largest absolute Gasteiger partial charge is 0.490 e. The predicted octanol–water partition coefficient (Wildman–Crippen LogP) is 2.37. The van der Waals surface area contributed by atoms with Gasteiger partial charge >= 0.3 is 0 Å². The van der Waals surface area contributed by atoms with Crippen molar-refractivity contribution in [3.63, 3.8) is 0 Å². The van der Waals surface area contributed by atoms with Crippen molar-refractivity contribution in [2.24, 2.45) is 5.73 Å². The summed E-state index contributed by atoms with van der Waals surface area (Å²) < 4.78 is 11.1. The lowest BCUT2D eigenvalue weighted by molar-refractivity contribution is -0.113. The molecule has 4 heteroatoms. The van der Waals surface area contributed by atoms with Crippen LogP contribution in [0.25, 0.3) is 6.08 Å². The summed E-state index contributed by atoms with van der Waals surface area (Å²) in [5.41, 5.74) is 5.90. The first-order chi connectivity index (χ1) is 8.67. The van der Waals surface area contributed by atoms with Crippen molar-refractivity contribution in [2.45, 2.75) is 20.3 Å². The number of amides is 1. The highest BCUT2D eigenvalue weighted by Gasteiger charge is 2.05. The van der Waals surface area contributed by atoms with E-state index < -0.39 is 5.91 Å². The molecular weight excluding hydrogens is 230 g/mol. The minimum absolute atomic E-state index is 0.473. The number of primary amides is 1. The second kappa shape index (κ2) is 7.37. The highest BCUT2D eigenvalue weighted by Crippen LogP contribution is 2.29. The van der Waals surface area contributed by atoms with Crippen LogP contribution in [0.2, 0.25) is 0 Å². The molecule has 0 aliphatic heterocycles. The number of nitrogens with two attached hydrogens (primary N) is 1. The van der Waals surface area contributed by atoms with Crippen molar-refractivity contribution in [3.8, 4) is 11.5 Å². The van der Waals surface area contributed by atoms with E-state index in [1.165, 1.54) is 6.08 Å². The molecular formula is C14H19NO3. The van der Waals surface area contributed by atoms with Crippen LogP contribution in [0.3, 0.4) is 0 Å². The summed E-state index contributed by atoms with van der Waals surface area (Å²) >= 11 is 0. The summed E-state index contributed by atoms with van der Waals surface area (Å²) in [6.07, 6.45) is 3.90. The van der Waals surface area contributed by atoms with E-state index in [2.05, 4.69) is 0 Å². The van der Waals surface area contributed by atoms with E-state index >= 15 is 0 Å². The van der Waals surface area contributed by atoms with Crippen molar-refractivity contribution >= 4 is 12.0 Å². The van der Waals surface area contributed by atoms with Gasteiger partial charge in [-0.15, -0.1) is 0 Å². The maximum atomic E-state index is 10.7. The molecule has 0 unspecified atom stereocenters. The molecule has 0 atom stereocenters. The lowest BCUT2D eigenvalue weighted by Crippen LogP contribution is -2.05. The van der Waals surface area contributed by atoms with Gasteiger partial charge in [0, 0.05) is 6.08 Å². The van der Waals surface area contributed by atoms with Gasteiger partial charge in [0.2, 0.25) is 5.91 Å². The van der Waals surface area contributed by atoms with Crippen molar-refractivity contribution < 1.29 is 14.3 Å². The first-order valence-corrected chi connectivity index (χ1v) is 6.04. The van der Waals surface area contributed by atoms with Gasteiger partial charge in [0.15, 0.2) is 11.5 Å². The van der Waals surface area contributed by atoms with Crippen molar-refractivity contribution in [1.82, 2.24) is 0 Å². The molecule has 0 radical (unpaired) electrons. The molecule has 0 bridgehead atoms. The maximum absolute atomic E-state index is 10.7. The van der Waals surface area contributed by atoms with Gasteiger partial charge in [0.25, 0.3) is 0 Å². The first kappa shape index (κ1) is 14.1. The van der Waals surface area contributed by atoms with E-state index in [9.17, 15) is 4.79 Å². The van der Waals surface area contributed by atoms with Gasteiger partial charge in [-0.1, -0.05) is 13.0 Å². The molecule has 1 aromatic carbocycles. The molecule has 2 N–H and O–H groups in total. The maximum Gasteiger partial charge on any atom is 0.241 e. The van der Waals surface area contributed by atoms with Crippen LogP contribution in [-0.4, -0.2) is 19.1 Å². The average molecular weight is 249 g/mol. The second-order valence-corrected chi connectivity index (χ2v) is 3.72. The quantitative estimate of drug-likeness (QED) is 0.755. The number of carbonyl (C=O) groups is 1. The minimum Gasteiger partial charge on any atom is -0.490 e. The Balaban J connectivity index is 2.91. The molecule has 0 aromatic heterocycles. The third kappa shape index (κ3) is 4.49. The summed E-state index contributed by atoms with van der Waals surface area (Å²) in [5, 5.41) is 0. The van der Waals surface area contributed by atoms with E-state index in [4.69, 9.17) is 15.2 Å². The monoisotopic (exact) mass is 249 g/mol. The molecule has 0 aliphatic rings. The van der Waals surface area contributed by atoms with Crippen molar-refractivity contribution in [3.05, 3.63) is 29.8 Å². The predicted molar refractivity (Wildman–Crippen MR) is 71.6 cm³/mol. The van der Waals surface area contributed by atoms with Crippen LogP contribution in [0.15, 0.2) is 24.3 Å². The van der Waals surface area contributed by atoms with Gasteiger partial charge in [-0.05, 0) is 37.1 Å². The van der Waals surface area contributed by atoms with Gasteiger partial charge in [-0.2, -0.15) is 0 Å². The van der Waals surface area contributed by atoms with Gasteiger partial charge in [0.05, 0.1) is 13.2 Å². The standard InChI is InChI=1S/C14H19NO3/c1-3-9-18-12-7-5-11(6-8-14(15)16)10-13(12)17-4-2/h5-8,10H,3-4,9H2,1-2H3,(H2,15,16)/b8-6+. The van der Waals surface area contributed by atoms with E-state index in [1.807, 2.05) is 32.0 Å². The van der Waals surface area contributed by atoms with Gasteiger partial charge in [-0.25, -0.2) is 0 Å². The number of rotatable bonds is 7. The molecule has 0 aliphatic carbocycles. The molecule has 0 saturated heterocycles. The fourth-order valence-electron chi connectivity index (χ4n) is 1.41. The van der Waals surface area contributed by atoms with Crippen molar-refractivity contribution in [2.75, 3.05) is 13.2 Å². The van der Waals surface area contributed by atoms with Gasteiger partial charge in [-0.3, -0.25) is 4.79 Å². The summed E-state index contributed by atoms with van der Waals surface area (Å²) in [6.45, 7) is 5.17. The van der Waals surface area contributed by atoms with E-state index in [0.717, 1.165) is 17.7 Å². The molecule has 1 rings (SSSR count).